The van der Waals surface area contributed by atoms with E-state index in [0.29, 0.717) is 5.88 Å². The lowest BCUT2D eigenvalue weighted by atomic mass is 10.1. The summed E-state index contributed by atoms with van der Waals surface area (Å²) in [7, 11) is 0. The highest BCUT2D eigenvalue weighted by atomic mass is 79.9. The number of carbonyl (C=O) groups is 1. The van der Waals surface area contributed by atoms with E-state index in [1.165, 1.54) is 0 Å². The molecule has 1 aliphatic heterocycles. The number of carbonyl (C=O) groups excluding carboxylic acids is 1. The van der Waals surface area contributed by atoms with Gasteiger partial charge < -0.3 is 9.80 Å². The average molecular weight is 347 g/mol. The molecule has 0 aromatic carbocycles. The Bertz CT molecular complexity index is 432. The smallest absolute Gasteiger partial charge is 0.226 e. The molecule has 0 bridgehead atoms. The van der Waals surface area contributed by atoms with Crippen LogP contribution in [-0.2, 0) is 4.79 Å². The summed E-state index contributed by atoms with van der Waals surface area (Å²) in [6, 6.07) is 3.97. The van der Waals surface area contributed by atoms with Crippen LogP contribution in [-0.4, -0.2) is 47.9 Å². The first kappa shape index (κ1) is 14.6. The van der Waals surface area contributed by atoms with Crippen LogP contribution < -0.4 is 4.90 Å². The maximum Gasteiger partial charge on any atom is 0.226 e. The third-order valence-electron chi connectivity index (χ3n) is 3.28. The van der Waals surface area contributed by atoms with Gasteiger partial charge in [0.2, 0.25) is 5.91 Å². The lowest BCUT2D eigenvalue weighted by molar-refractivity contribution is -0.134. The molecule has 1 aliphatic rings. The van der Waals surface area contributed by atoms with Crippen LogP contribution in [0.4, 0.5) is 5.82 Å². The minimum absolute atomic E-state index is 0.0981. The summed E-state index contributed by atoms with van der Waals surface area (Å²) in [6.45, 7) is 4.97. The van der Waals surface area contributed by atoms with Crippen LogP contribution in [0.5, 0.6) is 0 Å². The summed E-state index contributed by atoms with van der Waals surface area (Å²) in [4.78, 5) is 20.5. The largest absolute Gasteiger partial charge is 0.353 e. The summed E-state index contributed by atoms with van der Waals surface area (Å²) < 4.78 is 0.973. The summed E-state index contributed by atoms with van der Waals surface area (Å²) in [5.41, 5.74) is 0. The molecule has 0 spiro atoms. The van der Waals surface area contributed by atoms with Gasteiger partial charge in [0, 0.05) is 48.6 Å². The van der Waals surface area contributed by atoms with Crippen molar-refractivity contribution in [2.24, 2.45) is 5.92 Å². The second kappa shape index (κ2) is 6.57. The van der Waals surface area contributed by atoms with Gasteiger partial charge in [0.05, 0.1) is 0 Å². The molecule has 104 valence electrons. The first-order chi connectivity index (χ1) is 9.11. The fraction of sp³-hybridized carbons (Fsp3) is 0.538. The van der Waals surface area contributed by atoms with E-state index in [2.05, 4.69) is 25.8 Å². The van der Waals surface area contributed by atoms with Gasteiger partial charge in [-0.15, -0.1) is 11.6 Å². The van der Waals surface area contributed by atoms with E-state index in [9.17, 15) is 4.79 Å². The van der Waals surface area contributed by atoms with Gasteiger partial charge in [-0.1, -0.05) is 6.92 Å². The Labute approximate surface area is 126 Å². The van der Waals surface area contributed by atoms with Crippen LogP contribution in [0, 0.1) is 5.92 Å². The molecular formula is C13H17BrClN3O. The second-order valence-electron chi connectivity index (χ2n) is 4.70. The SMILES string of the molecule is CC(CCl)C(=O)N1CCN(c2ccc(Br)cn2)CC1. The zero-order valence-electron chi connectivity index (χ0n) is 10.9. The van der Waals surface area contributed by atoms with Gasteiger partial charge >= 0.3 is 0 Å². The normalized spacial score (nSPS) is 17.4. The maximum atomic E-state index is 12.0. The lowest BCUT2D eigenvalue weighted by Crippen LogP contribution is -2.50. The Morgan fingerprint density at radius 1 is 1.42 bits per heavy atom. The van der Waals surface area contributed by atoms with Crippen molar-refractivity contribution in [1.82, 2.24) is 9.88 Å². The molecule has 1 aromatic heterocycles. The quantitative estimate of drug-likeness (QED) is 0.788. The van der Waals surface area contributed by atoms with Crippen molar-refractivity contribution in [3.8, 4) is 0 Å². The van der Waals surface area contributed by atoms with Crippen molar-refractivity contribution in [2.75, 3.05) is 37.0 Å². The number of piperazine rings is 1. The Morgan fingerprint density at radius 3 is 2.63 bits per heavy atom. The van der Waals surface area contributed by atoms with Gasteiger partial charge in [-0.25, -0.2) is 4.98 Å². The maximum absolute atomic E-state index is 12.0. The molecule has 2 rings (SSSR count). The van der Waals surface area contributed by atoms with Gasteiger partial charge in [-0.2, -0.15) is 0 Å². The van der Waals surface area contributed by atoms with Gasteiger partial charge in [0.1, 0.15) is 5.82 Å². The molecule has 2 heterocycles. The number of aromatic nitrogens is 1. The third-order valence-corrected chi connectivity index (χ3v) is 4.21. The van der Waals surface area contributed by atoms with Crippen LogP contribution in [0.1, 0.15) is 6.92 Å². The predicted octanol–water partition coefficient (Wildman–Crippen LogP) is 2.37. The van der Waals surface area contributed by atoms with Gasteiger partial charge in [0.25, 0.3) is 0 Å². The molecule has 1 aromatic rings. The Morgan fingerprint density at radius 2 is 2.11 bits per heavy atom. The fourth-order valence-corrected chi connectivity index (χ4v) is 2.46. The number of pyridine rings is 1. The highest BCUT2D eigenvalue weighted by Crippen LogP contribution is 2.17. The summed E-state index contributed by atoms with van der Waals surface area (Å²) in [6.07, 6.45) is 1.79. The van der Waals surface area contributed by atoms with Crippen LogP contribution in [0.3, 0.4) is 0 Å². The van der Waals surface area contributed by atoms with Crippen LogP contribution in [0.25, 0.3) is 0 Å². The van der Waals surface area contributed by atoms with Crippen LogP contribution >= 0.6 is 27.5 Å². The molecule has 6 heteroatoms. The van der Waals surface area contributed by atoms with E-state index in [1.807, 2.05) is 24.0 Å². The molecule has 1 unspecified atom stereocenters. The fourth-order valence-electron chi connectivity index (χ4n) is 2.09. The first-order valence-electron chi connectivity index (χ1n) is 6.33. The van der Waals surface area contributed by atoms with Crippen LogP contribution in [0.2, 0.25) is 0 Å². The van der Waals surface area contributed by atoms with Crippen molar-refractivity contribution < 1.29 is 4.79 Å². The number of halogens is 2. The second-order valence-corrected chi connectivity index (χ2v) is 5.93. The Kier molecular flexibility index (Phi) is 5.05. The lowest BCUT2D eigenvalue weighted by Gasteiger charge is -2.36. The van der Waals surface area contributed by atoms with E-state index in [0.717, 1.165) is 36.5 Å². The van der Waals surface area contributed by atoms with E-state index < -0.39 is 0 Å². The summed E-state index contributed by atoms with van der Waals surface area (Å²) >= 11 is 9.11. The van der Waals surface area contributed by atoms with E-state index >= 15 is 0 Å². The highest BCUT2D eigenvalue weighted by Gasteiger charge is 2.24. The molecule has 1 fully saturated rings. The van der Waals surface area contributed by atoms with Crippen molar-refractivity contribution in [3.63, 3.8) is 0 Å². The standard InChI is InChI=1S/C13H17BrClN3O/c1-10(8-15)13(19)18-6-4-17(5-7-18)12-3-2-11(14)9-16-12/h2-3,9-10H,4-8H2,1H3. The Hall–Kier alpha value is -0.810. The van der Waals surface area contributed by atoms with Crippen molar-refractivity contribution in [2.45, 2.75) is 6.92 Å². The molecule has 0 N–H and O–H groups in total. The molecule has 1 amide bonds. The van der Waals surface area contributed by atoms with Crippen molar-refractivity contribution in [1.29, 1.82) is 0 Å². The minimum atomic E-state index is -0.0981. The minimum Gasteiger partial charge on any atom is -0.353 e. The average Bonchev–Trinajstić information content (AvgIpc) is 2.46. The number of nitrogens with zero attached hydrogens (tertiary/aromatic N) is 3. The van der Waals surface area contributed by atoms with E-state index in [-0.39, 0.29) is 11.8 Å². The molecule has 19 heavy (non-hydrogen) atoms. The molecule has 0 radical (unpaired) electrons. The zero-order valence-corrected chi connectivity index (χ0v) is 13.2. The number of amides is 1. The molecule has 0 saturated carbocycles. The number of alkyl halides is 1. The number of hydrogen-bond acceptors (Lipinski definition) is 3. The zero-order chi connectivity index (χ0) is 13.8. The third kappa shape index (κ3) is 3.60. The van der Waals surface area contributed by atoms with E-state index in [1.54, 1.807) is 6.20 Å². The Balaban J connectivity index is 1.92. The molecule has 4 nitrogen and oxygen atoms in total. The highest BCUT2D eigenvalue weighted by molar-refractivity contribution is 9.10. The van der Waals surface area contributed by atoms with Crippen molar-refractivity contribution in [3.05, 3.63) is 22.8 Å². The molecule has 1 atom stereocenters. The van der Waals surface area contributed by atoms with Crippen molar-refractivity contribution >= 4 is 39.3 Å². The van der Waals surface area contributed by atoms with Gasteiger partial charge in [0.15, 0.2) is 0 Å². The monoisotopic (exact) mass is 345 g/mol. The van der Waals surface area contributed by atoms with Crippen LogP contribution in [0.15, 0.2) is 22.8 Å². The summed E-state index contributed by atoms with van der Waals surface area (Å²) in [5, 5.41) is 0. The predicted molar refractivity (Wildman–Crippen MR) is 80.6 cm³/mol. The molecule has 1 saturated heterocycles. The summed E-state index contributed by atoms with van der Waals surface area (Å²) in [5.74, 6) is 1.39. The number of anilines is 1. The first-order valence-corrected chi connectivity index (χ1v) is 7.66. The van der Waals surface area contributed by atoms with Gasteiger partial charge in [-0.3, -0.25) is 4.79 Å². The molecular weight excluding hydrogens is 330 g/mol. The topological polar surface area (TPSA) is 36.4 Å². The van der Waals surface area contributed by atoms with E-state index in [4.69, 9.17) is 11.6 Å². The number of hydrogen-bond donors (Lipinski definition) is 0. The molecule has 0 aliphatic carbocycles. The van der Waals surface area contributed by atoms with Gasteiger partial charge in [-0.05, 0) is 28.1 Å². The number of rotatable bonds is 3.